The molecule has 1 atom stereocenters. The van der Waals surface area contributed by atoms with Crippen molar-refractivity contribution in [2.45, 2.75) is 13.0 Å². The summed E-state index contributed by atoms with van der Waals surface area (Å²) in [5.74, 6) is 0.975. The molecule has 0 amide bonds. The van der Waals surface area contributed by atoms with E-state index in [1.165, 1.54) is 6.07 Å². The van der Waals surface area contributed by atoms with Crippen LogP contribution in [0, 0.1) is 12.7 Å². The third-order valence-corrected chi connectivity index (χ3v) is 3.33. The van der Waals surface area contributed by atoms with Crippen LogP contribution in [0.1, 0.15) is 22.7 Å². The molecule has 2 aromatic rings. The van der Waals surface area contributed by atoms with E-state index in [1.807, 2.05) is 24.3 Å². The first kappa shape index (κ1) is 14.3. The van der Waals surface area contributed by atoms with Crippen LogP contribution in [0.3, 0.4) is 0 Å². The molecule has 0 spiro atoms. The molecule has 0 saturated heterocycles. The van der Waals surface area contributed by atoms with Gasteiger partial charge in [0.1, 0.15) is 17.3 Å². The van der Waals surface area contributed by atoms with Crippen molar-refractivity contribution in [1.29, 1.82) is 0 Å². The van der Waals surface area contributed by atoms with E-state index in [4.69, 9.17) is 15.2 Å². The molecule has 0 aromatic heterocycles. The van der Waals surface area contributed by atoms with Crippen LogP contribution in [0.4, 0.5) is 4.39 Å². The number of methoxy groups -OCH3 is 2. The molecule has 2 N–H and O–H groups in total. The van der Waals surface area contributed by atoms with Gasteiger partial charge in [-0.3, -0.25) is 0 Å². The predicted octanol–water partition coefficient (Wildman–Crippen LogP) is 3.20. The van der Waals surface area contributed by atoms with Crippen molar-refractivity contribution in [1.82, 2.24) is 0 Å². The molecule has 0 fully saturated rings. The Morgan fingerprint density at radius 1 is 1.05 bits per heavy atom. The van der Waals surface area contributed by atoms with Gasteiger partial charge in [0.05, 0.1) is 25.8 Å². The molecular weight excluding hydrogens is 257 g/mol. The second-order valence-corrected chi connectivity index (χ2v) is 4.56. The number of aryl methyl sites for hydroxylation is 1. The summed E-state index contributed by atoms with van der Waals surface area (Å²) in [6.07, 6.45) is 0. The van der Waals surface area contributed by atoms with Gasteiger partial charge in [0.15, 0.2) is 0 Å². The Morgan fingerprint density at radius 3 is 2.15 bits per heavy atom. The number of benzene rings is 2. The van der Waals surface area contributed by atoms with Gasteiger partial charge in [0.25, 0.3) is 0 Å². The van der Waals surface area contributed by atoms with Crippen LogP contribution in [0.2, 0.25) is 0 Å². The van der Waals surface area contributed by atoms with Crippen molar-refractivity contribution in [2.24, 2.45) is 5.73 Å². The Kier molecular flexibility index (Phi) is 4.25. The fourth-order valence-corrected chi connectivity index (χ4v) is 2.16. The van der Waals surface area contributed by atoms with Gasteiger partial charge < -0.3 is 15.2 Å². The first-order valence-electron chi connectivity index (χ1n) is 6.31. The SMILES string of the molecule is COc1cccc(OC)c1C(N)c1ccc(C)c(F)c1. The lowest BCUT2D eigenvalue weighted by atomic mass is 9.96. The monoisotopic (exact) mass is 275 g/mol. The highest BCUT2D eigenvalue weighted by molar-refractivity contribution is 5.50. The van der Waals surface area contributed by atoms with E-state index in [0.29, 0.717) is 28.2 Å². The van der Waals surface area contributed by atoms with Gasteiger partial charge in [-0.2, -0.15) is 0 Å². The van der Waals surface area contributed by atoms with Crippen molar-refractivity contribution >= 4 is 0 Å². The second kappa shape index (κ2) is 5.92. The fraction of sp³-hybridized carbons (Fsp3) is 0.250. The number of nitrogens with two attached hydrogens (primary N) is 1. The summed E-state index contributed by atoms with van der Waals surface area (Å²) in [7, 11) is 3.14. The molecule has 20 heavy (non-hydrogen) atoms. The molecule has 0 radical (unpaired) electrons. The maximum absolute atomic E-state index is 13.7. The molecule has 106 valence electrons. The Morgan fingerprint density at radius 2 is 1.65 bits per heavy atom. The van der Waals surface area contributed by atoms with Gasteiger partial charge >= 0.3 is 0 Å². The molecule has 0 heterocycles. The standard InChI is InChI=1S/C16H18FNO2/c1-10-7-8-11(9-12(10)17)16(18)15-13(19-2)5-4-6-14(15)20-3/h4-9,16H,18H2,1-3H3. The van der Waals surface area contributed by atoms with E-state index in [1.54, 1.807) is 27.2 Å². The van der Waals surface area contributed by atoms with Gasteiger partial charge in [-0.25, -0.2) is 4.39 Å². The first-order valence-corrected chi connectivity index (χ1v) is 6.31. The van der Waals surface area contributed by atoms with Crippen LogP contribution < -0.4 is 15.2 Å². The summed E-state index contributed by atoms with van der Waals surface area (Å²) in [4.78, 5) is 0. The van der Waals surface area contributed by atoms with Gasteiger partial charge in [-0.15, -0.1) is 0 Å². The van der Waals surface area contributed by atoms with E-state index < -0.39 is 6.04 Å². The Bertz CT molecular complexity index is 591. The molecule has 0 bridgehead atoms. The van der Waals surface area contributed by atoms with Crippen molar-refractivity contribution in [3.05, 3.63) is 58.9 Å². The van der Waals surface area contributed by atoms with Crippen LogP contribution in [-0.2, 0) is 0 Å². The summed E-state index contributed by atoms with van der Waals surface area (Å²) < 4.78 is 24.4. The maximum atomic E-state index is 13.7. The predicted molar refractivity (Wildman–Crippen MR) is 76.7 cm³/mol. The van der Waals surface area contributed by atoms with Crippen LogP contribution >= 0.6 is 0 Å². The van der Waals surface area contributed by atoms with E-state index >= 15 is 0 Å². The number of rotatable bonds is 4. The highest BCUT2D eigenvalue weighted by Gasteiger charge is 2.19. The van der Waals surface area contributed by atoms with Gasteiger partial charge in [-0.05, 0) is 36.2 Å². The largest absolute Gasteiger partial charge is 0.496 e. The minimum Gasteiger partial charge on any atom is -0.496 e. The van der Waals surface area contributed by atoms with E-state index in [-0.39, 0.29) is 5.82 Å². The third-order valence-electron chi connectivity index (χ3n) is 3.33. The molecular formula is C16H18FNO2. The molecule has 1 unspecified atom stereocenters. The van der Waals surface area contributed by atoms with E-state index in [0.717, 1.165) is 0 Å². The molecule has 2 rings (SSSR count). The third kappa shape index (κ3) is 2.60. The lowest BCUT2D eigenvalue weighted by Crippen LogP contribution is -2.14. The summed E-state index contributed by atoms with van der Waals surface area (Å²) in [5, 5.41) is 0. The summed E-state index contributed by atoms with van der Waals surface area (Å²) in [6.45, 7) is 1.72. The number of hydrogen-bond donors (Lipinski definition) is 1. The molecule has 0 aliphatic heterocycles. The number of halogens is 1. The molecule has 3 nitrogen and oxygen atoms in total. The molecule has 0 saturated carbocycles. The second-order valence-electron chi connectivity index (χ2n) is 4.56. The van der Waals surface area contributed by atoms with Crippen molar-refractivity contribution < 1.29 is 13.9 Å². The quantitative estimate of drug-likeness (QED) is 0.932. The summed E-state index contributed by atoms with van der Waals surface area (Å²) in [6, 6.07) is 9.90. The van der Waals surface area contributed by atoms with Crippen molar-refractivity contribution in [2.75, 3.05) is 14.2 Å². The molecule has 0 aliphatic carbocycles. The molecule has 2 aromatic carbocycles. The lowest BCUT2D eigenvalue weighted by Gasteiger charge is -2.19. The average Bonchev–Trinajstić information content (AvgIpc) is 2.48. The van der Waals surface area contributed by atoms with Crippen LogP contribution in [-0.4, -0.2) is 14.2 Å². The Labute approximate surface area is 118 Å². The molecule has 0 aliphatic rings. The first-order chi connectivity index (χ1) is 9.58. The number of hydrogen-bond acceptors (Lipinski definition) is 3. The minimum absolute atomic E-state index is 0.271. The van der Waals surface area contributed by atoms with Crippen LogP contribution in [0.25, 0.3) is 0 Å². The highest BCUT2D eigenvalue weighted by atomic mass is 19.1. The Hall–Kier alpha value is -2.07. The lowest BCUT2D eigenvalue weighted by molar-refractivity contribution is 0.382. The van der Waals surface area contributed by atoms with Crippen molar-refractivity contribution in [3.8, 4) is 11.5 Å². The van der Waals surface area contributed by atoms with Gasteiger partial charge in [0.2, 0.25) is 0 Å². The topological polar surface area (TPSA) is 44.5 Å². The zero-order chi connectivity index (χ0) is 14.7. The van der Waals surface area contributed by atoms with Gasteiger partial charge in [-0.1, -0.05) is 18.2 Å². The fourth-order valence-electron chi connectivity index (χ4n) is 2.16. The normalized spacial score (nSPS) is 12.1. The average molecular weight is 275 g/mol. The van der Waals surface area contributed by atoms with E-state index in [9.17, 15) is 4.39 Å². The smallest absolute Gasteiger partial charge is 0.127 e. The minimum atomic E-state index is -0.517. The van der Waals surface area contributed by atoms with Crippen molar-refractivity contribution in [3.63, 3.8) is 0 Å². The van der Waals surface area contributed by atoms with Gasteiger partial charge in [0, 0.05) is 0 Å². The summed E-state index contributed by atoms with van der Waals surface area (Å²) >= 11 is 0. The van der Waals surface area contributed by atoms with Crippen LogP contribution in [0.15, 0.2) is 36.4 Å². The number of ether oxygens (including phenoxy) is 2. The maximum Gasteiger partial charge on any atom is 0.127 e. The zero-order valence-corrected chi connectivity index (χ0v) is 11.8. The zero-order valence-electron chi connectivity index (χ0n) is 11.8. The summed E-state index contributed by atoms with van der Waals surface area (Å²) in [5.41, 5.74) is 8.24. The molecule has 4 heteroatoms. The van der Waals surface area contributed by atoms with Crippen LogP contribution in [0.5, 0.6) is 11.5 Å². The Balaban J connectivity index is 2.51. The van der Waals surface area contributed by atoms with E-state index in [2.05, 4.69) is 0 Å². The highest BCUT2D eigenvalue weighted by Crippen LogP contribution is 2.36.